The van der Waals surface area contributed by atoms with Crippen LogP contribution in [0.3, 0.4) is 0 Å². The molecule has 172 valence electrons. The fourth-order valence-electron chi connectivity index (χ4n) is 3.81. The van der Waals surface area contributed by atoms with Crippen molar-refractivity contribution in [1.29, 1.82) is 0 Å². The SMILES string of the molecule is CC(C)CNCCC1C(=C=O)N(Cc2ccc(F)cc2)CCN1COc1ccc(Cl)cc1. The Hall–Kier alpha value is -2.37. The number of ether oxygens (including phenoxy) is 1. The van der Waals surface area contributed by atoms with Crippen molar-refractivity contribution in [3.8, 4) is 5.75 Å². The highest BCUT2D eigenvalue weighted by Crippen LogP contribution is 2.25. The van der Waals surface area contributed by atoms with Gasteiger partial charge < -0.3 is 15.0 Å². The first-order valence-electron chi connectivity index (χ1n) is 11.0. The molecule has 1 fully saturated rings. The standard InChI is InChI=1S/C25H31ClFN3O2/c1-19(2)15-28-12-11-24-25(17-31)29(16-20-3-7-22(27)8-4-20)13-14-30(24)18-32-23-9-5-21(26)6-10-23/h3-10,19,24,28H,11-16,18H2,1-2H3. The van der Waals surface area contributed by atoms with Crippen LogP contribution in [0.15, 0.2) is 54.2 Å². The summed E-state index contributed by atoms with van der Waals surface area (Å²) < 4.78 is 19.3. The number of benzene rings is 2. The van der Waals surface area contributed by atoms with Crippen LogP contribution in [0, 0.1) is 11.7 Å². The van der Waals surface area contributed by atoms with Gasteiger partial charge >= 0.3 is 0 Å². The van der Waals surface area contributed by atoms with Gasteiger partial charge in [-0.15, -0.1) is 0 Å². The van der Waals surface area contributed by atoms with Crippen molar-refractivity contribution in [3.63, 3.8) is 0 Å². The molecule has 1 saturated heterocycles. The molecule has 2 aromatic carbocycles. The van der Waals surface area contributed by atoms with E-state index in [1.54, 1.807) is 24.3 Å². The molecule has 0 spiro atoms. The van der Waals surface area contributed by atoms with E-state index in [2.05, 4.69) is 30.0 Å². The van der Waals surface area contributed by atoms with Gasteiger partial charge in [0.05, 0.1) is 6.04 Å². The van der Waals surface area contributed by atoms with Crippen LogP contribution in [0.1, 0.15) is 25.8 Å². The van der Waals surface area contributed by atoms with Crippen LogP contribution >= 0.6 is 11.6 Å². The quantitative estimate of drug-likeness (QED) is 0.422. The predicted molar refractivity (Wildman–Crippen MR) is 126 cm³/mol. The monoisotopic (exact) mass is 459 g/mol. The number of hydrogen-bond donors (Lipinski definition) is 1. The van der Waals surface area contributed by atoms with E-state index in [1.165, 1.54) is 12.1 Å². The van der Waals surface area contributed by atoms with Crippen LogP contribution in [0.2, 0.25) is 5.02 Å². The Morgan fingerprint density at radius 1 is 1.16 bits per heavy atom. The minimum Gasteiger partial charge on any atom is -0.478 e. The van der Waals surface area contributed by atoms with Gasteiger partial charge in [-0.3, -0.25) is 4.90 Å². The fraction of sp³-hybridized carbons (Fsp3) is 0.440. The fourth-order valence-corrected chi connectivity index (χ4v) is 3.93. The summed E-state index contributed by atoms with van der Waals surface area (Å²) >= 11 is 5.96. The van der Waals surface area contributed by atoms with Crippen LogP contribution in [0.25, 0.3) is 0 Å². The third kappa shape index (κ3) is 7.07. The Bertz CT molecular complexity index is 898. The molecule has 0 bridgehead atoms. The average Bonchev–Trinajstić information content (AvgIpc) is 2.78. The van der Waals surface area contributed by atoms with Crippen LogP contribution in [0.5, 0.6) is 5.75 Å². The zero-order valence-electron chi connectivity index (χ0n) is 18.7. The number of piperazine rings is 1. The molecular formula is C25H31ClFN3O2. The first-order valence-corrected chi connectivity index (χ1v) is 11.4. The first-order chi connectivity index (χ1) is 15.5. The molecule has 3 rings (SSSR count). The van der Waals surface area contributed by atoms with Crippen molar-refractivity contribution in [2.45, 2.75) is 32.9 Å². The van der Waals surface area contributed by atoms with E-state index in [4.69, 9.17) is 16.3 Å². The first kappa shape index (κ1) is 24.3. The van der Waals surface area contributed by atoms with Crippen molar-refractivity contribution in [1.82, 2.24) is 15.1 Å². The number of hydrogen-bond acceptors (Lipinski definition) is 5. The highest BCUT2D eigenvalue weighted by molar-refractivity contribution is 6.30. The minimum atomic E-state index is -0.266. The van der Waals surface area contributed by atoms with Crippen LogP contribution < -0.4 is 10.1 Å². The molecule has 1 aliphatic heterocycles. The van der Waals surface area contributed by atoms with Crippen LogP contribution in [-0.4, -0.2) is 54.7 Å². The summed E-state index contributed by atoms with van der Waals surface area (Å²) in [6.07, 6.45) is 0.765. The molecule has 1 aliphatic rings. The van der Waals surface area contributed by atoms with Gasteiger partial charge in [0.1, 0.15) is 29.9 Å². The van der Waals surface area contributed by atoms with Gasteiger partial charge in [0.15, 0.2) is 0 Å². The lowest BCUT2D eigenvalue weighted by Gasteiger charge is -2.42. The number of carbonyl (C=O) groups excluding carboxylic acids is 1. The largest absolute Gasteiger partial charge is 0.478 e. The Morgan fingerprint density at radius 3 is 2.53 bits per heavy atom. The number of halogens is 2. The molecule has 32 heavy (non-hydrogen) atoms. The van der Waals surface area contributed by atoms with Gasteiger partial charge in [0, 0.05) is 24.7 Å². The lowest BCUT2D eigenvalue weighted by molar-refractivity contribution is 0.0444. The van der Waals surface area contributed by atoms with Gasteiger partial charge in [-0.1, -0.05) is 37.6 Å². The molecular weight excluding hydrogens is 429 g/mol. The minimum absolute atomic E-state index is 0.117. The number of nitrogens with one attached hydrogen (secondary N) is 1. The molecule has 2 aromatic rings. The van der Waals surface area contributed by atoms with Gasteiger partial charge in [-0.2, -0.15) is 0 Å². The maximum absolute atomic E-state index is 13.3. The summed E-state index contributed by atoms with van der Waals surface area (Å²) in [6.45, 7) is 8.38. The summed E-state index contributed by atoms with van der Waals surface area (Å²) in [7, 11) is 0. The van der Waals surface area contributed by atoms with Crippen LogP contribution in [0.4, 0.5) is 4.39 Å². The third-order valence-electron chi connectivity index (χ3n) is 5.50. The Balaban J connectivity index is 1.70. The van der Waals surface area contributed by atoms with E-state index in [0.717, 1.165) is 37.4 Å². The van der Waals surface area contributed by atoms with Gasteiger partial charge in [0.2, 0.25) is 0 Å². The third-order valence-corrected chi connectivity index (χ3v) is 5.76. The Morgan fingerprint density at radius 2 is 1.88 bits per heavy atom. The van der Waals surface area contributed by atoms with Gasteiger partial charge in [-0.25, -0.2) is 9.18 Å². The highest BCUT2D eigenvalue weighted by Gasteiger charge is 2.32. The van der Waals surface area contributed by atoms with Gasteiger partial charge in [0.25, 0.3) is 0 Å². The normalized spacial score (nSPS) is 17.0. The van der Waals surface area contributed by atoms with E-state index in [0.29, 0.717) is 36.5 Å². The summed E-state index contributed by atoms with van der Waals surface area (Å²) in [5, 5.41) is 4.12. The molecule has 1 heterocycles. The zero-order valence-corrected chi connectivity index (χ0v) is 19.4. The lowest BCUT2D eigenvalue weighted by Crippen LogP contribution is -2.53. The second kappa shape index (κ2) is 12.0. The van der Waals surface area contributed by atoms with Crippen molar-refractivity contribution < 1.29 is 13.9 Å². The molecule has 0 aromatic heterocycles. The van der Waals surface area contributed by atoms with E-state index in [9.17, 15) is 9.18 Å². The van der Waals surface area contributed by atoms with E-state index >= 15 is 0 Å². The summed E-state index contributed by atoms with van der Waals surface area (Å²) in [4.78, 5) is 16.3. The Labute approximate surface area is 194 Å². The molecule has 0 saturated carbocycles. The summed E-state index contributed by atoms with van der Waals surface area (Å²) in [5.41, 5.74) is 1.58. The van der Waals surface area contributed by atoms with Gasteiger partial charge in [-0.05, 0) is 67.4 Å². The molecule has 0 aliphatic carbocycles. The molecule has 0 radical (unpaired) electrons. The van der Waals surface area contributed by atoms with Crippen molar-refractivity contribution in [3.05, 3.63) is 70.6 Å². The van der Waals surface area contributed by atoms with E-state index < -0.39 is 0 Å². The van der Waals surface area contributed by atoms with Crippen molar-refractivity contribution in [2.24, 2.45) is 5.92 Å². The average molecular weight is 460 g/mol. The highest BCUT2D eigenvalue weighted by atomic mass is 35.5. The molecule has 5 nitrogen and oxygen atoms in total. The second-order valence-electron chi connectivity index (χ2n) is 8.48. The smallest absolute Gasteiger partial charge is 0.147 e. The van der Waals surface area contributed by atoms with Crippen LogP contribution in [-0.2, 0) is 11.3 Å². The van der Waals surface area contributed by atoms with Crippen molar-refractivity contribution in [2.75, 3.05) is 32.9 Å². The number of rotatable bonds is 10. The molecule has 1 N–H and O–H groups in total. The maximum atomic E-state index is 13.3. The molecule has 7 heteroatoms. The molecule has 0 amide bonds. The molecule has 1 atom stereocenters. The Kier molecular flexibility index (Phi) is 9.12. The maximum Gasteiger partial charge on any atom is 0.147 e. The van der Waals surface area contributed by atoms with Crippen molar-refractivity contribution >= 4 is 17.5 Å². The summed E-state index contributed by atoms with van der Waals surface area (Å²) in [5.74, 6) is 3.22. The topological polar surface area (TPSA) is 44.8 Å². The van der Waals surface area contributed by atoms with E-state index in [1.807, 2.05) is 17.0 Å². The second-order valence-corrected chi connectivity index (χ2v) is 8.91. The summed E-state index contributed by atoms with van der Waals surface area (Å²) in [6, 6.07) is 13.6. The molecule has 1 unspecified atom stereocenters. The zero-order chi connectivity index (χ0) is 22.9. The van der Waals surface area contributed by atoms with E-state index in [-0.39, 0.29) is 11.9 Å². The lowest BCUT2D eigenvalue weighted by atomic mass is 10.0. The number of nitrogens with zero attached hydrogens (tertiary/aromatic N) is 2. The predicted octanol–water partition coefficient (Wildman–Crippen LogP) is 4.35.